The van der Waals surface area contributed by atoms with Crippen LogP contribution in [0.4, 0.5) is 10.5 Å². The molecule has 0 spiro atoms. The smallest absolute Gasteiger partial charge is 0.312 e. The first-order valence-corrected chi connectivity index (χ1v) is 33.6. The van der Waals surface area contributed by atoms with Crippen molar-refractivity contribution in [3.8, 4) is 0 Å². The van der Waals surface area contributed by atoms with Gasteiger partial charge in [-0.25, -0.2) is 4.79 Å². The van der Waals surface area contributed by atoms with Gasteiger partial charge in [0.05, 0.1) is 48.6 Å². The quantitative estimate of drug-likeness (QED) is 0.0429. The largest absolute Gasteiger partial charge is 0.481 e. The van der Waals surface area contributed by atoms with E-state index in [1.165, 1.54) is 14.2 Å². The lowest BCUT2D eigenvalue weighted by molar-refractivity contribution is -0.148. The van der Waals surface area contributed by atoms with Crippen LogP contribution >= 0.6 is 0 Å². The fraction of sp³-hybridized carbons (Fsp3) is 0.667. The zero-order chi connectivity index (χ0) is 71.0. The van der Waals surface area contributed by atoms with Crippen LogP contribution in [0.5, 0.6) is 0 Å². The predicted octanol–water partition coefficient (Wildman–Crippen LogP) is 4.18. The summed E-state index contributed by atoms with van der Waals surface area (Å²) in [5, 5.41) is 29.1. The highest BCUT2D eigenvalue weighted by Crippen LogP contribution is 2.31. The number of aliphatic carboxylic acids is 1. The average molecular weight is 1330 g/mol. The molecule has 26 heteroatoms. The number of hydrogen-bond donors (Lipinski definition) is 9. The summed E-state index contributed by atoms with van der Waals surface area (Å²) < 4.78 is 12.2. The van der Waals surface area contributed by atoms with E-state index in [2.05, 4.69) is 37.2 Å². The molecular formula is C69H110N12O14. The maximum Gasteiger partial charge on any atom is 0.312 e. The van der Waals surface area contributed by atoms with Crippen LogP contribution in [0.3, 0.4) is 0 Å². The van der Waals surface area contributed by atoms with Crippen molar-refractivity contribution >= 4 is 70.9 Å². The molecule has 26 nitrogen and oxygen atoms in total. The Balaban J connectivity index is 1.44. The van der Waals surface area contributed by atoms with Crippen molar-refractivity contribution < 1.29 is 67.3 Å². The highest BCUT2D eigenvalue weighted by molar-refractivity contribution is 5.99. The number of carbonyl (C=O) groups is 11. The van der Waals surface area contributed by atoms with E-state index in [9.17, 15) is 57.8 Å². The molecule has 2 fully saturated rings. The Morgan fingerprint density at radius 2 is 1.32 bits per heavy atom. The normalized spacial score (nSPS) is 18.8. The first-order valence-electron chi connectivity index (χ1n) is 33.6. The number of piperidine rings is 1. The summed E-state index contributed by atoms with van der Waals surface area (Å²) >= 11 is 0. The molecule has 2 saturated heterocycles. The van der Waals surface area contributed by atoms with E-state index in [4.69, 9.17) is 15.2 Å². The van der Waals surface area contributed by atoms with Crippen LogP contribution in [-0.2, 0) is 70.4 Å². The van der Waals surface area contributed by atoms with E-state index in [-0.39, 0.29) is 106 Å². The number of nitrogens with one attached hydrogen (secondary N) is 7. The van der Waals surface area contributed by atoms with Gasteiger partial charge >= 0.3 is 12.0 Å². The number of ether oxygens (including phenoxy) is 2. The van der Waals surface area contributed by atoms with Crippen molar-refractivity contribution in [2.45, 2.75) is 207 Å². The molecule has 2 aromatic rings. The minimum absolute atomic E-state index is 0.00818. The Morgan fingerprint density at radius 3 is 1.87 bits per heavy atom. The molecule has 2 aromatic carbocycles. The van der Waals surface area contributed by atoms with Crippen LogP contribution in [0.15, 0.2) is 54.6 Å². The molecule has 4 rings (SSSR count). The zero-order valence-corrected chi connectivity index (χ0v) is 58.7. The molecule has 0 bridgehead atoms. The topological polar surface area (TPSA) is 350 Å². The number of benzene rings is 2. The number of likely N-dealkylation sites (N-methyl/N-ethyl adjacent to an activating group) is 2. The van der Waals surface area contributed by atoms with Crippen molar-refractivity contribution in [3.05, 3.63) is 65.7 Å². The number of nitrogens with two attached hydrogens (primary N) is 1. The van der Waals surface area contributed by atoms with Gasteiger partial charge in [-0.1, -0.05) is 111 Å². The van der Waals surface area contributed by atoms with Crippen LogP contribution in [0.1, 0.15) is 145 Å². The first kappa shape index (κ1) is 79.7. The predicted molar refractivity (Wildman–Crippen MR) is 360 cm³/mol. The summed E-state index contributed by atoms with van der Waals surface area (Å²) in [4.78, 5) is 155. The summed E-state index contributed by atoms with van der Waals surface area (Å²) in [6.45, 7) is 19.4. The van der Waals surface area contributed by atoms with E-state index in [0.717, 1.165) is 5.56 Å². The lowest BCUT2D eigenvalue weighted by Crippen LogP contribution is -2.59. The van der Waals surface area contributed by atoms with Gasteiger partial charge in [-0.3, -0.25) is 52.8 Å². The molecule has 530 valence electrons. The highest BCUT2D eigenvalue weighted by Gasteiger charge is 2.44. The van der Waals surface area contributed by atoms with Crippen LogP contribution in [-0.4, -0.2) is 205 Å². The Kier molecular flexibility index (Phi) is 32.5. The number of methoxy groups -OCH3 is 2. The molecule has 0 aliphatic carbocycles. The van der Waals surface area contributed by atoms with Crippen LogP contribution in [0.25, 0.3) is 0 Å². The maximum absolute atomic E-state index is 14.6. The first-order chi connectivity index (χ1) is 44.8. The molecule has 10 N–H and O–H groups in total. The number of urea groups is 1. The van der Waals surface area contributed by atoms with Crippen molar-refractivity contribution in [3.63, 3.8) is 0 Å². The Morgan fingerprint density at radius 1 is 0.674 bits per heavy atom. The summed E-state index contributed by atoms with van der Waals surface area (Å²) in [7, 11) is 8.38. The maximum atomic E-state index is 14.6. The average Bonchev–Trinajstić information content (AvgIpc) is 1.81. The van der Waals surface area contributed by atoms with E-state index in [1.807, 2.05) is 90.9 Å². The number of nitrogens with zero attached hydrogens (tertiary/aromatic N) is 4. The van der Waals surface area contributed by atoms with Gasteiger partial charge in [-0.05, 0) is 106 Å². The molecular weight excluding hydrogens is 1220 g/mol. The fourth-order valence-corrected chi connectivity index (χ4v) is 13.0. The number of primary amides is 1. The minimum Gasteiger partial charge on any atom is -0.481 e. The molecule has 2 aliphatic rings. The number of amides is 11. The molecule has 2 heterocycles. The van der Waals surface area contributed by atoms with Gasteiger partial charge in [0.2, 0.25) is 53.2 Å². The Labute approximate surface area is 561 Å². The number of hydrogen-bond acceptors (Lipinski definition) is 14. The third-order valence-corrected chi connectivity index (χ3v) is 18.5. The molecule has 13 atom stereocenters. The number of anilines is 1. The minimum atomic E-state index is -1.14. The van der Waals surface area contributed by atoms with E-state index < -0.39 is 114 Å². The van der Waals surface area contributed by atoms with Crippen LogP contribution in [0.2, 0.25) is 0 Å². The van der Waals surface area contributed by atoms with E-state index >= 15 is 0 Å². The number of carbonyl (C=O) groups excluding carboxylic acids is 10. The van der Waals surface area contributed by atoms with Crippen molar-refractivity contribution in [1.29, 1.82) is 0 Å². The lowest BCUT2D eigenvalue weighted by Gasteiger charge is -2.41. The van der Waals surface area contributed by atoms with E-state index in [0.29, 0.717) is 49.9 Å². The SMILES string of the molecule is CC[C@H](C)[C@@H]([C@@H](CC(=O)N1CCC[C@H]1[C@H](OC)[C@@H](C)C(=O)N[C@@H](Cc1ccccc1)C(=O)NCc1ccc(NC(=O)[C@H](CCCNC(N)=O)NC(=O)[C@@H](NC(=O)CCC(=O)N2CC[C@H](C(=O)O)C[C@@H]2C)C(C)C)cc1)OC)N(C)C(=O)[C@@H](NC(=O)[C@H](C(C)C)N(C)C)C(C)C. The lowest BCUT2D eigenvalue weighted by atomic mass is 9.89. The Bertz CT molecular complexity index is 2870. The van der Waals surface area contributed by atoms with Crippen molar-refractivity contribution in [2.24, 2.45) is 41.2 Å². The molecule has 95 heavy (non-hydrogen) atoms. The molecule has 2 aliphatic heterocycles. The monoisotopic (exact) mass is 1330 g/mol. The second kappa shape index (κ2) is 38.7. The van der Waals surface area contributed by atoms with Gasteiger partial charge in [0.1, 0.15) is 24.2 Å². The zero-order valence-electron chi connectivity index (χ0n) is 58.7. The summed E-state index contributed by atoms with van der Waals surface area (Å²) in [5.74, 6) is -6.90. The number of rotatable bonds is 37. The number of carboxylic acids is 1. The molecule has 0 saturated carbocycles. The fourth-order valence-electron chi connectivity index (χ4n) is 13.0. The van der Waals surface area contributed by atoms with Gasteiger partial charge in [-0.15, -0.1) is 0 Å². The number of carboxylic acid groups (broad SMARTS) is 1. The van der Waals surface area contributed by atoms with Gasteiger partial charge in [0.25, 0.3) is 0 Å². The second-order valence-electron chi connectivity index (χ2n) is 26.9. The summed E-state index contributed by atoms with van der Waals surface area (Å²) in [6.07, 6.45) is 0.993. The van der Waals surface area contributed by atoms with Gasteiger partial charge in [0.15, 0.2) is 0 Å². The third-order valence-electron chi connectivity index (χ3n) is 18.5. The van der Waals surface area contributed by atoms with E-state index in [1.54, 1.807) is 73.7 Å². The van der Waals surface area contributed by atoms with Crippen molar-refractivity contribution in [1.82, 2.24) is 51.5 Å². The van der Waals surface area contributed by atoms with Gasteiger partial charge in [0, 0.05) is 78.4 Å². The summed E-state index contributed by atoms with van der Waals surface area (Å²) in [5.41, 5.74) is 7.05. The molecule has 0 aromatic heterocycles. The van der Waals surface area contributed by atoms with Crippen molar-refractivity contribution in [2.75, 3.05) is 60.3 Å². The van der Waals surface area contributed by atoms with Crippen LogP contribution < -0.4 is 43.0 Å². The highest BCUT2D eigenvalue weighted by atomic mass is 16.5. The number of likely N-dealkylation sites (tertiary alicyclic amines) is 2. The molecule has 0 unspecified atom stereocenters. The summed E-state index contributed by atoms with van der Waals surface area (Å²) in [6, 6.07) is 9.14. The molecule has 11 amide bonds. The van der Waals surface area contributed by atoms with Gasteiger partial charge in [-0.2, -0.15) is 0 Å². The third kappa shape index (κ3) is 23.9. The van der Waals surface area contributed by atoms with Crippen LogP contribution in [0, 0.1) is 35.5 Å². The molecule has 0 radical (unpaired) electrons. The standard InChI is InChI=1S/C69H110N12O14/c1-16-43(8)60(79(13)67(90)58(41(4)5)77-66(89)59(42(6)7)78(11)12)53(94-14)38-56(84)81-34-21-25-52(81)61(95-15)45(10)62(85)75-51(37-46-22-18-17-19-23-46)63(86)72-39-47-26-28-49(29-27-47)73-64(87)50(24-20-33-71-69(70)93)74-65(88)57(40(2)3)76-54(82)30-31-55(83)80-35-32-48(68(91)92)36-44(80)9/h17-19,22-23,26-29,40-45,48,50-53,57-61H,16,20-21,24-25,30-39H2,1-15H3,(H,72,86)(H,73,87)(H,74,88)(H,75,85)(H,76,82)(H,77,89)(H,91,92)(H3,70,71,93)/t43-,44-,45+,48-,50-,51-,52-,53+,57-,58-,59-,60-,61+/m0/s1. The Hall–Kier alpha value is -7.71. The second-order valence-corrected chi connectivity index (χ2v) is 26.9. The van der Waals surface area contributed by atoms with Gasteiger partial charge < -0.3 is 72.2 Å².